The van der Waals surface area contributed by atoms with E-state index in [0.29, 0.717) is 19.4 Å². The van der Waals surface area contributed by atoms with Crippen LogP contribution in [0.1, 0.15) is 19.8 Å². The molecule has 0 bridgehead atoms. The van der Waals surface area contributed by atoms with Crippen LogP contribution in [0.15, 0.2) is 18.7 Å². The van der Waals surface area contributed by atoms with Gasteiger partial charge in [-0.1, -0.05) is 0 Å². The van der Waals surface area contributed by atoms with E-state index in [9.17, 15) is 4.79 Å². The minimum Gasteiger partial charge on any atom is -0.353 e. The molecule has 0 aliphatic heterocycles. The number of aromatic nitrogens is 2. The number of rotatable bonds is 5. The predicted octanol–water partition coefficient (Wildman–Crippen LogP) is 0.801. The number of carbonyl (C=O) groups is 1. The highest BCUT2D eigenvalue weighted by atomic mass is 16.1. The second-order valence-electron chi connectivity index (χ2n) is 3.43. The minimum atomic E-state index is 0.0199. The molecule has 0 spiro atoms. The van der Waals surface area contributed by atoms with Crippen molar-refractivity contribution in [3.63, 3.8) is 0 Å². The Morgan fingerprint density at radius 2 is 2.53 bits per heavy atom. The summed E-state index contributed by atoms with van der Waals surface area (Å²) in [7, 11) is 0. The normalized spacial score (nSPS) is 11.7. The molecule has 0 aliphatic carbocycles. The highest BCUT2D eigenvalue weighted by Gasteiger charge is 2.05. The van der Waals surface area contributed by atoms with Crippen LogP contribution in [-0.2, 0) is 11.3 Å². The molecule has 0 saturated carbocycles. The van der Waals surface area contributed by atoms with Gasteiger partial charge in [0.15, 0.2) is 0 Å². The van der Waals surface area contributed by atoms with Crippen LogP contribution in [0.25, 0.3) is 0 Å². The molecule has 80 valence electrons. The molecule has 0 aliphatic rings. The molecule has 0 aromatic carbocycles. The number of nitrogens with one attached hydrogen (secondary N) is 1. The molecule has 4 nitrogen and oxygen atoms in total. The molecular weight excluding hydrogens is 190 g/mol. The number of hydrogen-bond donors (Lipinski definition) is 1. The van der Waals surface area contributed by atoms with Crippen molar-refractivity contribution in [1.29, 1.82) is 0 Å². The Morgan fingerprint density at radius 3 is 3.13 bits per heavy atom. The van der Waals surface area contributed by atoms with Crippen LogP contribution < -0.4 is 5.32 Å². The number of amides is 1. The van der Waals surface area contributed by atoms with Gasteiger partial charge in [0.05, 0.1) is 6.33 Å². The van der Waals surface area contributed by atoms with Crippen molar-refractivity contribution < 1.29 is 4.79 Å². The first-order valence-electron chi connectivity index (χ1n) is 4.91. The third-order valence-electron chi connectivity index (χ3n) is 1.99. The van der Waals surface area contributed by atoms with Crippen molar-refractivity contribution in [3.8, 4) is 12.3 Å². The van der Waals surface area contributed by atoms with Crippen LogP contribution >= 0.6 is 0 Å². The van der Waals surface area contributed by atoms with Crippen molar-refractivity contribution in [2.45, 2.75) is 32.4 Å². The molecule has 1 aromatic heterocycles. The van der Waals surface area contributed by atoms with E-state index in [1.165, 1.54) is 0 Å². The van der Waals surface area contributed by atoms with Gasteiger partial charge < -0.3 is 9.88 Å². The Kier molecular flexibility index (Phi) is 4.42. The van der Waals surface area contributed by atoms with Gasteiger partial charge in [-0.05, 0) is 6.92 Å². The van der Waals surface area contributed by atoms with Crippen LogP contribution in [-0.4, -0.2) is 21.5 Å². The van der Waals surface area contributed by atoms with Gasteiger partial charge >= 0.3 is 0 Å². The van der Waals surface area contributed by atoms with Crippen molar-refractivity contribution in [1.82, 2.24) is 14.9 Å². The highest BCUT2D eigenvalue weighted by Crippen LogP contribution is 1.93. The van der Waals surface area contributed by atoms with E-state index in [-0.39, 0.29) is 11.9 Å². The zero-order valence-corrected chi connectivity index (χ0v) is 8.81. The molecule has 0 fully saturated rings. The second-order valence-corrected chi connectivity index (χ2v) is 3.43. The van der Waals surface area contributed by atoms with Crippen molar-refractivity contribution in [3.05, 3.63) is 18.7 Å². The Balaban J connectivity index is 2.22. The number of carbonyl (C=O) groups excluding carboxylic acids is 1. The lowest BCUT2D eigenvalue weighted by Crippen LogP contribution is -2.32. The lowest BCUT2D eigenvalue weighted by atomic mass is 10.2. The fourth-order valence-corrected chi connectivity index (χ4v) is 1.22. The van der Waals surface area contributed by atoms with Gasteiger partial charge in [-0.3, -0.25) is 4.79 Å². The number of aryl methyl sites for hydroxylation is 1. The third-order valence-corrected chi connectivity index (χ3v) is 1.99. The maximum atomic E-state index is 11.4. The van der Waals surface area contributed by atoms with E-state index in [2.05, 4.69) is 16.2 Å². The first-order valence-corrected chi connectivity index (χ1v) is 4.91. The molecule has 1 N–H and O–H groups in total. The van der Waals surface area contributed by atoms with E-state index in [1.54, 1.807) is 12.5 Å². The van der Waals surface area contributed by atoms with E-state index >= 15 is 0 Å². The van der Waals surface area contributed by atoms with Gasteiger partial charge in [-0.25, -0.2) is 4.98 Å². The van der Waals surface area contributed by atoms with Crippen molar-refractivity contribution >= 4 is 5.91 Å². The molecular formula is C11H15N3O. The van der Waals surface area contributed by atoms with Crippen LogP contribution in [0.3, 0.4) is 0 Å². The van der Waals surface area contributed by atoms with E-state index in [1.807, 2.05) is 17.7 Å². The first kappa shape index (κ1) is 11.3. The molecule has 0 saturated heterocycles. The van der Waals surface area contributed by atoms with Gasteiger partial charge in [-0.2, -0.15) is 0 Å². The number of terminal acetylenes is 1. The van der Waals surface area contributed by atoms with Crippen LogP contribution in [0.4, 0.5) is 0 Å². The van der Waals surface area contributed by atoms with Gasteiger partial charge in [0.25, 0.3) is 0 Å². The zero-order valence-electron chi connectivity index (χ0n) is 8.81. The van der Waals surface area contributed by atoms with Crippen LogP contribution in [0.2, 0.25) is 0 Å². The zero-order chi connectivity index (χ0) is 11.1. The summed E-state index contributed by atoms with van der Waals surface area (Å²) in [4.78, 5) is 15.3. The summed E-state index contributed by atoms with van der Waals surface area (Å²) >= 11 is 0. The summed E-state index contributed by atoms with van der Waals surface area (Å²) in [6.07, 6.45) is 11.4. The summed E-state index contributed by atoms with van der Waals surface area (Å²) in [5, 5.41) is 2.83. The minimum absolute atomic E-state index is 0.0199. The fraction of sp³-hybridized carbons (Fsp3) is 0.455. The number of imidazole rings is 1. The molecule has 1 amide bonds. The lowest BCUT2D eigenvalue weighted by Gasteiger charge is -2.10. The largest absolute Gasteiger partial charge is 0.353 e. The average molecular weight is 205 g/mol. The van der Waals surface area contributed by atoms with Gasteiger partial charge in [0.1, 0.15) is 0 Å². The van der Waals surface area contributed by atoms with Crippen molar-refractivity contribution in [2.24, 2.45) is 0 Å². The summed E-state index contributed by atoms with van der Waals surface area (Å²) in [6.45, 7) is 2.55. The Bertz CT molecular complexity index is 337. The van der Waals surface area contributed by atoms with E-state index < -0.39 is 0 Å². The van der Waals surface area contributed by atoms with Crippen molar-refractivity contribution in [2.75, 3.05) is 0 Å². The van der Waals surface area contributed by atoms with Crippen LogP contribution in [0, 0.1) is 12.3 Å². The lowest BCUT2D eigenvalue weighted by molar-refractivity contribution is -0.121. The molecule has 1 unspecified atom stereocenters. The van der Waals surface area contributed by atoms with E-state index in [0.717, 1.165) is 0 Å². The highest BCUT2D eigenvalue weighted by molar-refractivity contribution is 5.76. The molecule has 1 heterocycles. The Hall–Kier alpha value is -1.76. The second kappa shape index (κ2) is 5.86. The maximum Gasteiger partial charge on any atom is 0.222 e. The number of hydrogen-bond acceptors (Lipinski definition) is 2. The molecule has 1 atom stereocenters. The monoisotopic (exact) mass is 205 g/mol. The average Bonchev–Trinajstić information content (AvgIpc) is 2.67. The third kappa shape index (κ3) is 4.32. The van der Waals surface area contributed by atoms with Gasteiger partial charge in [-0.15, -0.1) is 12.3 Å². The molecule has 15 heavy (non-hydrogen) atoms. The standard InChI is InChI=1S/C11H15N3O/c1-3-4-10(2)13-11(15)5-7-14-8-6-12-9-14/h1,6,8-10H,4-5,7H2,2H3,(H,13,15). The fourth-order valence-electron chi connectivity index (χ4n) is 1.22. The topological polar surface area (TPSA) is 46.9 Å². The maximum absolute atomic E-state index is 11.4. The van der Waals surface area contributed by atoms with E-state index in [4.69, 9.17) is 6.42 Å². The molecule has 0 radical (unpaired) electrons. The predicted molar refractivity (Wildman–Crippen MR) is 57.9 cm³/mol. The molecule has 4 heteroatoms. The number of nitrogens with zero attached hydrogens (tertiary/aromatic N) is 2. The Morgan fingerprint density at radius 1 is 1.73 bits per heavy atom. The van der Waals surface area contributed by atoms with Gasteiger partial charge in [0.2, 0.25) is 5.91 Å². The van der Waals surface area contributed by atoms with Crippen LogP contribution in [0.5, 0.6) is 0 Å². The summed E-state index contributed by atoms with van der Waals surface area (Å²) in [6, 6.07) is 0.0466. The smallest absolute Gasteiger partial charge is 0.222 e. The SMILES string of the molecule is C#CCC(C)NC(=O)CCn1ccnc1. The summed E-state index contributed by atoms with van der Waals surface area (Å²) < 4.78 is 1.87. The molecule has 1 rings (SSSR count). The summed E-state index contributed by atoms with van der Waals surface area (Å²) in [5.74, 6) is 2.53. The van der Waals surface area contributed by atoms with Gasteiger partial charge in [0, 0.05) is 37.8 Å². The first-order chi connectivity index (χ1) is 7.22. The quantitative estimate of drug-likeness (QED) is 0.723. The Labute approximate surface area is 89.7 Å². The summed E-state index contributed by atoms with van der Waals surface area (Å²) in [5.41, 5.74) is 0. The molecule has 1 aromatic rings.